The molecule has 1 N–H and O–H groups in total. The second-order valence-electron chi connectivity index (χ2n) is 6.24. The summed E-state index contributed by atoms with van der Waals surface area (Å²) in [5.41, 5.74) is 2.91. The third kappa shape index (κ3) is 4.39. The van der Waals surface area contributed by atoms with Gasteiger partial charge in [0.2, 0.25) is 15.0 Å². The molecule has 0 unspecified atom stereocenters. The second-order valence-corrected chi connectivity index (χ2v) is 9.67. The van der Waals surface area contributed by atoms with Gasteiger partial charge in [-0.1, -0.05) is 35.9 Å². The first-order chi connectivity index (χ1) is 13.5. The minimum absolute atomic E-state index is 0.292. The summed E-state index contributed by atoms with van der Waals surface area (Å²) >= 11 is 3.09. The maximum Gasteiger partial charge on any atom is 0.233 e. The van der Waals surface area contributed by atoms with Crippen molar-refractivity contribution in [3.8, 4) is 10.7 Å². The standard InChI is InChI=1S/C19H18N4O2S3/c1-14-4-6-15(7-5-14)9-12-28(24,25)20-10-8-16-13-27-19-21-18(22-23(16)19)17-3-2-11-26-17/h2-7,9,11-13,20H,8,10H2,1H3/b12-9+. The average molecular weight is 431 g/mol. The van der Waals surface area contributed by atoms with Crippen molar-refractivity contribution in [1.29, 1.82) is 0 Å². The fraction of sp³-hybridized carbons (Fsp3) is 0.158. The number of thiophene rings is 1. The minimum atomic E-state index is -3.50. The number of hydrogen-bond acceptors (Lipinski definition) is 6. The van der Waals surface area contributed by atoms with Crippen LogP contribution in [0.2, 0.25) is 0 Å². The normalized spacial score (nSPS) is 12.3. The highest BCUT2D eigenvalue weighted by molar-refractivity contribution is 7.92. The van der Waals surface area contributed by atoms with E-state index < -0.39 is 10.0 Å². The first-order valence-corrected chi connectivity index (χ1v) is 11.9. The fourth-order valence-electron chi connectivity index (χ4n) is 2.62. The molecule has 9 heteroatoms. The Labute approximate surface area is 171 Å². The molecule has 0 bridgehead atoms. The molecule has 28 heavy (non-hydrogen) atoms. The molecule has 0 saturated heterocycles. The van der Waals surface area contributed by atoms with Crippen molar-refractivity contribution in [2.24, 2.45) is 0 Å². The lowest BCUT2D eigenvalue weighted by molar-refractivity contribution is 0.590. The number of nitrogens with zero attached hydrogens (tertiary/aromatic N) is 3. The van der Waals surface area contributed by atoms with Crippen LogP contribution in [0.5, 0.6) is 0 Å². The van der Waals surface area contributed by atoms with Gasteiger partial charge in [0.25, 0.3) is 0 Å². The highest BCUT2D eigenvalue weighted by atomic mass is 32.2. The lowest BCUT2D eigenvalue weighted by Gasteiger charge is -2.02. The molecule has 0 spiro atoms. The molecular weight excluding hydrogens is 412 g/mol. The van der Waals surface area contributed by atoms with Crippen molar-refractivity contribution in [2.75, 3.05) is 6.54 Å². The van der Waals surface area contributed by atoms with Crippen LogP contribution in [0.1, 0.15) is 16.8 Å². The maximum atomic E-state index is 12.2. The van der Waals surface area contributed by atoms with E-state index >= 15 is 0 Å². The summed E-state index contributed by atoms with van der Waals surface area (Å²) in [5.74, 6) is 0.699. The molecule has 0 saturated carbocycles. The van der Waals surface area contributed by atoms with Gasteiger partial charge in [-0.15, -0.1) is 27.8 Å². The minimum Gasteiger partial charge on any atom is -0.211 e. The zero-order chi connectivity index (χ0) is 19.6. The SMILES string of the molecule is Cc1ccc(/C=C/S(=O)(=O)NCCc2csc3nc(-c4cccs4)nn23)cc1. The predicted octanol–water partition coefficient (Wildman–Crippen LogP) is 3.96. The number of sulfonamides is 1. The molecule has 0 radical (unpaired) electrons. The third-order valence-electron chi connectivity index (χ3n) is 4.09. The Kier molecular flexibility index (Phi) is 5.40. The smallest absolute Gasteiger partial charge is 0.211 e. The molecule has 4 rings (SSSR count). The molecule has 4 aromatic rings. The third-order valence-corrected chi connectivity index (χ3v) is 6.92. The van der Waals surface area contributed by atoms with Crippen LogP contribution < -0.4 is 4.72 Å². The molecule has 144 valence electrons. The summed E-state index contributed by atoms with van der Waals surface area (Å²) in [6.45, 7) is 2.28. The van der Waals surface area contributed by atoms with Crippen LogP contribution in [-0.4, -0.2) is 29.6 Å². The summed E-state index contributed by atoms with van der Waals surface area (Å²) in [5, 5.41) is 9.70. The Hall–Kier alpha value is -2.33. The number of aryl methyl sites for hydroxylation is 1. The molecule has 0 aliphatic carbocycles. The van der Waals surface area contributed by atoms with Gasteiger partial charge in [0, 0.05) is 23.8 Å². The number of fused-ring (bicyclic) bond motifs is 1. The molecule has 0 fully saturated rings. The topological polar surface area (TPSA) is 76.4 Å². The molecule has 0 atom stereocenters. The van der Waals surface area contributed by atoms with Gasteiger partial charge in [0.1, 0.15) is 0 Å². The summed E-state index contributed by atoms with van der Waals surface area (Å²) in [6.07, 6.45) is 2.13. The van der Waals surface area contributed by atoms with Gasteiger partial charge >= 0.3 is 0 Å². The van der Waals surface area contributed by atoms with Gasteiger partial charge in [0.15, 0.2) is 5.82 Å². The maximum absolute atomic E-state index is 12.2. The van der Waals surface area contributed by atoms with E-state index in [0.717, 1.165) is 26.7 Å². The first kappa shape index (κ1) is 19.0. The number of aromatic nitrogens is 3. The Morgan fingerprint density at radius 2 is 2.00 bits per heavy atom. The van der Waals surface area contributed by atoms with E-state index in [9.17, 15) is 8.42 Å². The van der Waals surface area contributed by atoms with E-state index in [1.165, 1.54) is 16.7 Å². The van der Waals surface area contributed by atoms with Crippen LogP contribution in [0.4, 0.5) is 0 Å². The van der Waals surface area contributed by atoms with Crippen LogP contribution >= 0.6 is 22.7 Å². The molecule has 1 aromatic carbocycles. The highest BCUT2D eigenvalue weighted by Gasteiger charge is 2.13. The van der Waals surface area contributed by atoms with Crippen LogP contribution in [0, 0.1) is 6.92 Å². The molecule has 0 aliphatic heterocycles. The molecule has 3 heterocycles. The van der Waals surface area contributed by atoms with E-state index in [1.54, 1.807) is 21.9 Å². The summed E-state index contributed by atoms with van der Waals surface area (Å²) in [4.78, 5) is 6.36. The van der Waals surface area contributed by atoms with Gasteiger partial charge < -0.3 is 0 Å². The summed E-state index contributed by atoms with van der Waals surface area (Å²) < 4.78 is 28.8. The van der Waals surface area contributed by atoms with E-state index in [4.69, 9.17) is 0 Å². The van der Waals surface area contributed by atoms with Crippen LogP contribution in [-0.2, 0) is 16.4 Å². The first-order valence-electron chi connectivity index (χ1n) is 8.62. The van der Waals surface area contributed by atoms with Gasteiger partial charge in [-0.25, -0.2) is 17.7 Å². The Bertz CT molecular complexity index is 1200. The van der Waals surface area contributed by atoms with Crippen LogP contribution in [0.3, 0.4) is 0 Å². The number of thiazole rings is 1. The molecular formula is C19H18N4O2S3. The fourth-order valence-corrected chi connectivity index (χ4v) is 4.95. The van der Waals surface area contributed by atoms with Crippen molar-refractivity contribution in [1.82, 2.24) is 19.3 Å². The summed E-state index contributed by atoms with van der Waals surface area (Å²) in [7, 11) is -3.50. The second kappa shape index (κ2) is 7.96. The van der Waals surface area contributed by atoms with E-state index in [2.05, 4.69) is 14.8 Å². The van der Waals surface area contributed by atoms with Gasteiger partial charge in [-0.05, 0) is 30.0 Å². The van der Waals surface area contributed by atoms with Crippen LogP contribution in [0.25, 0.3) is 21.7 Å². The molecule has 3 aromatic heterocycles. The van der Waals surface area contributed by atoms with Crippen LogP contribution in [0.15, 0.2) is 52.6 Å². The zero-order valence-corrected chi connectivity index (χ0v) is 17.5. The van der Waals surface area contributed by atoms with E-state index in [1.807, 2.05) is 54.1 Å². The van der Waals surface area contributed by atoms with Gasteiger partial charge in [-0.2, -0.15) is 4.98 Å². The lowest BCUT2D eigenvalue weighted by Crippen LogP contribution is -2.24. The average Bonchev–Trinajstić information content (AvgIpc) is 3.39. The summed E-state index contributed by atoms with van der Waals surface area (Å²) in [6, 6.07) is 11.6. The Balaban J connectivity index is 1.39. The van der Waals surface area contributed by atoms with Gasteiger partial charge in [0.05, 0.1) is 10.6 Å². The predicted molar refractivity (Wildman–Crippen MR) is 115 cm³/mol. The van der Waals surface area contributed by atoms with Crippen molar-refractivity contribution in [3.05, 3.63) is 69.4 Å². The number of rotatable bonds is 7. The lowest BCUT2D eigenvalue weighted by atomic mass is 10.2. The highest BCUT2D eigenvalue weighted by Crippen LogP contribution is 2.24. The molecule has 0 amide bonds. The molecule has 6 nitrogen and oxygen atoms in total. The van der Waals surface area contributed by atoms with E-state index in [0.29, 0.717) is 18.8 Å². The molecule has 0 aliphatic rings. The largest absolute Gasteiger partial charge is 0.233 e. The quantitative estimate of drug-likeness (QED) is 0.481. The Morgan fingerprint density at radius 3 is 2.75 bits per heavy atom. The monoisotopic (exact) mass is 430 g/mol. The number of nitrogens with one attached hydrogen (secondary N) is 1. The van der Waals surface area contributed by atoms with Crippen molar-refractivity contribution >= 4 is 43.7 Å². The number of hydrogen-bond donors (Lipinski definition) is 1. The van der Waals surface area contributed by atoms with Crippen molar-refractivity contribution in [2.45, 2.75) is 13.3 Å². The van der Waals surface area contributed by atoms with Crippen molar-refractivity contribution in [3.63, 3.8) is 0 Å². The van der Waals surface area contributed by atoms with E-state index in [-0.39, 0.29) is 0 Å². The van der Waals surface area contributed by atoms with Crippen molar-refractivity contribution < 1.29 is 8.42 Å². The number of benzene rings is 1. The zero-order valence-electron chi connectivity index (χ0n) is 15.1. The van der Waals surface area contributed by atoms with Gasteiger partial charge in [-0.3, -0.25) is 0 Å². The Morgan fingerprint density at radius 1 is 1.18 bits per heavy atom.